The number of terminal acetylenes is 1. The highest BCUT2D eigenvalue weighted by Gasteiger charge is 2.10. The Morgan fingerprint density at radius 3 is 2.80 bits per heavy atom. The highest BCUT2D eigenvalue weighted by atomic mass is 32.2. The molecule has 1 aromatic carbocycles. The maximum Gasteiger partial charge on any atom is 0.240 e. The van der Waals surface area contributed by atoms with Gasteiger partial charge >= 0.3 is 0 Å². The minimum absolute atomic E-state index is 0.215. The third-order valence-corrected chi connectivity index (χ3v) is 3.22. The molecule has 0 saturated heterocycles. The first-order valence-corrected chi connectivity index (χ1v) is 5.79. The summed E-state index contributed by atoms with van der Waals surface area (Å²) in [4.78, 5) is 0.215. The van der Waals surface area contributed by atoms with Gasteiger partial charge in [-0.1, -0.05) is 12.0 Å². The van der Waals surface area contributed by atoms with Gasteiger partial charge in [0.15, 0.2) is 0 Å². The number of hydrogen-bond acceptors (Lipinski definition) is 3. The van der Waals surface area contributed by atoms with Crippen LogP contribution in [0.3, 0.4) is 0 Å². The van der Waals surface area contributed by atoms with Gasteiger partial charge in [0, 0.05) is 5.69 Å². The van der Waals surface area contributed by atoms with E-state index in [-0.39, 0.29) is 4.90 Å². The number of rotatable bonds is 4. The fourth-order valence-electron chi connectivity index (χ4n) is 1.04. The summed E-state index contributed by atoms with van der Waals surface area (Å²) >= 11 is 0. The molecule has 0 unspecified atom stereocenters. The zero-order chi connectivity index (χ0) is 11.3. The topological polar surface area (TPSA) is 58.2 Å². The second kappa shape index (κ2) is 4.82. The average molecular weight is 224 g/mol. The number of benzene rings is 1. The van der Waals surface area contributed by atoms with Gasteiger partial charge in [-0.3, -0.25) is 0 Å². The van der Waals surface area contributed by atoms with E-state index >= 15 is 0 Å². The largest absolute Gasteiger partial charge is 0.374 e. The van der Waals surface area contributed by atoms with Crippen molar-refractivity contribution in [2.24, 2.45) is 0 Å². The van der Waals surface area contributed by atoms with Crippen LogP contribution in [0.25, 0.3) is 0 Å². The van der Waals surface area contributed by atoms with Crippen molar-refractivity contribution in [3.8, 4) is 12.3 Å². The van der Waals surface area contributed by atoms with Gasteiger partial charge in [-0.25, -0.2) is 13.1 Å². The van der Waals surface area contributed by atoms with Gasteiger partial charge in [0.2, 0.25) is 10.0 Å². The minimum Gasteiger partial charge on any atom is -0.374 e. The molecule has 0 spiro atoms. The van der Waals surface area contributed by atoms with Crippen LogP contribution in [0.4, 0.5) is 5.69 Å². The molecule has 1 rings (SSSR count). The van der Waals surface area contributed by atoms with Crippen molar-refractivity contribution >= 4 is 15.7 Å². The van der Waals surface area contributed by atoms with Crippen molar-refractivity contribution in [2.45, 2.75) is 4.90 Å². The molecule has 0 radical (unpaired) electrons. The van der Waals surface area contributed by atoms with Gasteiger partial charge in [-0.15, -0.1) is 6.42 Å². The monoisotopic (exact) mass is 224 g/mol. The first-order chi connectivity index (χ1) is 7.10. The highest BCUT2D eigenvalue weighted by molar-refractivity contribution is 7.89. The van der Waals surface area contributed by atoms with Gasteiger partial charge in [0.05, 0.1) is 11.4 Å². The molecular weight excluding hydrogens is 212 g/mol. The molecule has 5 heteroatoms. The summed E-state index contributed by atoms with van der Waals surface area (Å²) < 4.78 is 25.1. The molecule has 0 atom stereocenters. The first kappa shape index (κ1) is 11.6. The van der Waals surface area contributed by atoms with Crippen LogP contribution in [-0.2, 0) is 10.0 Å². The van der Waals surface area contributed by atoms with Crippen LogP contribution in [0.2, 0.25) is 0 Å². The SMILES string of the molecule is C#CCNc1cccc(S(=O)(=O)NC)c1. The van der Waals surface area contributed by atoms with Gasteiger partial charge in [-0.05, 0) is 25.2 Å². The Morgan fingerprint density at radius 1 is 1.47 bits per heavy atom. The molecule has 0 aromatic heterocycles. The zero-order valence-corrected chi connectivity index (χ0v) is 9.14. The molecule has 0 aliphatic heterocycles. The highest BCUT2D eigenvalue weighted by Crippen LogP contribution is 2.14. The van der Waals surface area contributed by atoms with Gasteiger partial charge < -0.3 is 5.32 Å². The van der Waals surface area contributed by atoms with Crippen molar-refractivity contribution in [3.05, 3.63) is 24.3 Å². The van der Waals surface area contributed by atoms with E-state index in [2.05, 4.69) is 16.0 Å². The predicted octanol–water partition coefficient (Wildman–Crippen LogP) is 0.640. The summed E-state index contributed by atoms with van der Waals surface area (Å²) in [6.07, 6.45) is 5.08. The van der Waals surface area contributed by atoms with E-state index in [0.717, 1.165) is 0 Å². The molecule has 2 N–H and O–H groups in total. The quantitative estimate of drug-likeness (QED) is 0.738. The summed E-state index contributed by atoms with van der Waals surface area (Å²) in [6.45, 7) is 0.364. The number of sulfonamides is 1. The maximum absolute atomic E-state index is 11.4. The van der Waals surface area contributed by atoms with E-state index in [1.54, 1.807) is 12.1 Å². The molecule has 0 bridgehead atoms. The third-order valence-electron chi connectivity index (χ3n) is 1.81. The molecule has 0 aliphatic carbocycles. The molecule has 15 heavy (non-hydrogen) atoms. The van der Waals surface area contributed by atoms with Crippen molar-refractivity contribution in [1.29, 1.82) is 0 Å². The molecule has 0 saturated carbocycles. The maximum atomic E-state index is 11.4. The van der Waals surface area contributed by atoms with Crippen molar-refractivity contribution < 1.29 is 8.42 Å². The summed E-state index contributed by atoms with van der Waals surface area (Å²) in [5.74, 6) is 2.41. The van der Waals surface area contributed by atoms with Crippen LogP contribution in [-0.4, -0.2) is 22.0 Å². The smallest absolute Gasteiger partial charge is 0.240 e. The van der Waals surface area contributed by atoms with Crippen LogP contribution < -0.4 is 10.0 Å². The van der Waals surface area contributed by atoms with Crippen molar-refractivity contribution in [2.75, 3.05) is 18.9 Å². The van der Waals surface area contributed by atoms with Gasteiger partial charge in [-0.2, -0.15) is 0 Å². The van der Waals surface area contributed by atoms with E-state index in [4.69, 9.17) is 6.42 Å². The van der Waals surface area contributed by atoms with Crippen LogP contribution in [0, 0.1) is 12.3 Å². The Labute approximate surface area is 89.8 Å². The van der Waals surface area contributed by atoms with Crippen LogP contribution in [0.15, 0.2) is 29.2 Å². The number of anilines is 1. The summed E-state index contributed by atoms with van der Waals surface area (Å²) in [6, 6.07) is 6.46. The predicted molar refractivity (Wildman–Crippen MR) is 60.0 cm³/mol. The fourth-order valence-corrected chi connectivity index (χ4v) is 1.82. The van der Waals surface area contributed by atoms with Gasteiger partial charge in [0.25, 0.3) is 0 Å². The Balaban J connectivity index is 2.99. The lowest BCUT2D eigenvalue weighted by Gasteiger charge is -2.06. The lowest BCUT2D eigenvalue weighted by Crippen LogP contribution is -2.18. The third kappa shape index (κ3) is 2.98. The molecule has 4 nitrogen and oxygen atoms in total. The summed E-state index contributed by atoms with van der Waals surface area (Å²) in [5, 5.41) is 2.90. The molecule has 1 aromatic rings. The number of nitrogens with one attached hydrogen (secondary N) is 2. The number of hydrogen-bond donors (Lipinski definition) is 2. The molecular formula is C10H12N2O2S. The van der Waals surface area contributed by atoms with Crippen LogP contribution in [0.1, 0.15) is 0 Å². The average Bonchev–Trinajstić information content (AvgIpc) is 2.27. The lowest BCUT2D eigenvalue weighted by atomic mass is 10.3. The molecule has 80 valence electrons. The summed E-state index contributed by atoms with van der Waals surface area (Å²) in [7, 11) is -2.02. The van der Waals surface area contributed by atoms with Crippen LogP contribution in [0.5, 0.6) is 0 Å². The Morgan fingerprint density at radius 2 is 2.20 bits per heavy atom. The lowest BCUT2D eigenvalue weighted by molar-refractivity contribution is 0.588. The molecule has 0 heterocycles. The van der Waals surface area contributed by atoms with E-state index in [0.29, 0.717) is 12.2 Å². The molecule has 0 fully saturated rings. The zero-order valence-electron chi connectivity index (χ0n) is 8.32. The van der Waals surface area contributed by atoms with Crippen LogP contribution >= 0.6 is 0 Å². The Bertz CT molecular complexity index is 474. The first-order valence-electron chi connectivity index (χ1n) is 4.31. The van der Waals surface area contributed by atoms with E-state index in [1.807, 2.05) is 0 Å². The fraction of sp³-hybridized carbons (Fsp3) is 0.200. The van der Waals surface area contributed by atoms with E-state index in [9.17, 15) is 8.42 Å². The Kier molecular flexibility index (Phi) is 3.72. The normalized spacial score (nSPS) is 10.7. The second-order valence-electron chi connectivity index (χ2n) is 2.79. The Hall–Kier alpha value is -1.51. The van der Waals surface area contributed by atoms with E-state index in [1.165, 1.54) is 19.2 Å². The van der Waals surface area contributed by atoms with E-state index < -0.39 is 10.0 Å². The van der Waals surface area contributed by atoms with Crippen molar-refractivity contribution in [3.63, 3.8) is 0 Å². The summed E-state index contributed by atoms with van der Waals surface area (Å²) in [5.41, 5.74) is 0.685. The minimum atomic E-state index is -3.39. The standard InChI is InChI=1S/C10H12N2O2S/c1-3-7-12-9-5-4-6-10(8-9)15(13,14)11-2/h1,4-6,8,11-12H,7H2,2H3. The second-order valence-corrected chi connectivity index (χ2v) is 4.68. The van der Waals surface area contributed by atoms with Crippen molar-refractivity contribution in [1.82, 2.24) is 4.72 Å². The molecule has 0 aliphatic rings. The van der Waals surface area contributed by atoms with Gasteiger partial charge in [0.1, 0.15) is 0 Å². The molecule has 0 amide bonds.